The molecular weight excluding hydrogens is 126 g/mol. The lowest BCUT2D eigenvalue weighted by atomic mass is 9.63. The van der Waals surface area contributed by atoms with E-state index in [0.29, 0.717) is 11.2 Å². The Morgan fingerprint density at radius 2 is 1.80 bits per heavy atom. The molecule has 0 aromatic rings. The molecule has 0 bridgehead atoms. The standard InChI is InChI=1S/C8H13NO/c10-7-5-8(6-7)1-3-9-4-2-8/h9H,1-6H2. The molecule has 56 valence electrons. The summed E-state index contributed by atoms with van der Waals surface area (Å²) in [5.74, 6) is 0.474. The second-order valence-electron chi connectivity index (χ2n) is 3.64. The number of ketones is 1. The molecule has 2 aliphatic rings. The third-order valence-electron chi connectivity index (χ3n) is 2.81. The molecule has 1 heterocycles. The lowest BCUT2D eigenvalue weighted by Crippen LogP contribution is -2.45. The number of Topliss-reactive ketones (excluding diaryl/α,β-unsaturated/α-hetero) is 1. The number of hydrogen-bond donors (Lipinski definition) is 1. The summed E-state index contributed by atoms with van der Waals surface area (Å²) < 4.78 is 0. The van der Waals surface area contributed by atoms with Crippen LogP contribution < -0.4 is 5.32 Å². The maximum absolute atomic E-state index is 10.8. The summed E-state index contributed by atoms with van der Waals surface area (Å²) in [6.07, 6.45) is 4.18. The lowest BCUT2D eigenvalue weighted by molar-refractivity contribution is -0.134. The Morgan fingerprint density at radius 3 is 2.30 bits per heavy atom. The molecule has 1 spiro atoms. The molecule has 0 amide bonds. The van der Waals surface area contributed by atoms with Crippen molar-refractivity contribution in [3.63, 3.8) is 0 Å². The number of piperidine rings is 1. The van der Waals surface area contributed by atoms with Crippen LogP contribution in [-0.4, -0.2) is 18.9 Å². The van der Waals surface area contributed by atoms with Gasteiger partial charge in [-0.3, -0.25) is 4.79 Å². The van der Waals surface area contributed by atoms with Crippen molar-refractivity contribution in [3.05, 3.63) is 0 Å². The molecule has 1 aliphatic heterocycles. The Bertz CT molecular complexity index is 149. The molecule has 1 saturated carbocycles. The van der Waals surface area contributed by atoms with E-state index in [2.05, 4.69) is 5.32 Å². The highest BCUT2D eigenvalue weighted by atomic mass is 16.1. The van der Waals surface area contributed by atoms with Crippen LogP contribution >= 0.6 is 0 Å². The number of carbonyl (C=O) groups excluding carboxylic acids is 1. The maximum atomic E-state index is 10.8. The third kappa shape index (κ3) is 0.870. The first-order valence-corrected chi connectivity index (χ1v) is 4.03. The predicted octanol–water partition coefficient (Wildman–Crippen LogP) is 0.719. The van der Waals surface area contributed by atoms with Crippen molar-refractivity contribution in [3.8, 4) is 0 Å². The minimum atomic E-state index is 0.461. The van der Waals surface area contributed by atoms with E-state index in [9.17, 15) is 4.79 Å². The Kier molecular flexibility index (Phi) is 1.31. The van der Waals surface area contributed by atoms with Crippen LogP contribution in [0.2, 0.25) is 0 Å². The van der Waals surface area contributed by atoms with Gasteiger partial charge in [-0.15, -0.1) is 0 Å². The van der Waals surface area contributed by atoms with Gasteiger partial charge in [0.05, 0.1) is 0 Å². The Balaban J connectivity index is 1.96. The van der Waals surface area contributed by atoms with Crippen molar-refractivity contribution in [1.82, 2.24) is 5.32 Å². The number of carbonyl (C=O) groups is 1. The fourth-order valence-corrected chi connectivity index (χ4v) is 2.10. The van der Waals surface area contributed by atoms with Crippen molar-refractivity contribution < 1.29 is 4.79 Å². The molecule has 1 aliphatic carbocycles. The quantitative estimate of drug-likeness (QED) is 0.535. The van der Waals surface area contributed by atoms with Gasteiger partial charge in [0.25, 0.3) is 0 Å². The molecule has 0 aromatic heterocycles. The lowest BCUT2D eigenvalue weighted by Gasteiger charge is -2.43. The Hall–Kier alpha value is -0.370. The highest BCUT2D eigenvalue weighted by Gasteiger charge is 2.43. The zero-order valence-electron chi connectivity index (χ0n) is 6.15. The van der Waals surface area contributed by atoms with Crippen LogP contribution in [-0.2, 0) is 4.79 Å². The first-order chi connectivity index (χ1) is 4.81. The van der Waals surface area contributed by atoms with Gasteiger partial charge in [-0.2, -0.15) is 0 Å². The summed E-state index contributed by atoms with van der Waals surface area (Å²) in [5, 5.41) is 3.31. The average Bonchev–Trinajstić information content (AvgIpc) is 1.87. The van der Waals surface area contributed by atoms with E-state index < -0.39 is 0 Å². The van der Waals surface area contributed by atoms with E-state index in [1.807, 2.05) is 0 Å². The molecule has 0 unspecified atom stereocenters. The summed E-state index contributed by atoms with van der Waals surface area (Å²) in [6, 6.07) is 0. The largest absolute Gasteiger partial charge is 0.317 e. The summed E-state index contributed by atoms with van der Waals surface area (Å²) in [6.45, 7) is 2.24. The van der Waals surface area contributed by atoms with Gasteiger partial charge in [0.15, 0.2) is 0 Å². The topological polar surface area (TPSA) is 29.1 Å². The summed E-state index contributed by atoms with van der Waals surface area (Å²) >= 11 is 0. The van der Waals surface area contributed by atoms with Crippen molar-refractivity contribution in [2.24, 2.45) is 5.41 Å². The zero-order valence-corrected chi connectivity index (χ0v) is 6.15. The van der Waals surface area contributed by atoms with Gasteiger partial charge in [-0.1, -0.05) is 0 Å². The van der Waals surface area contributed by atoms with Crippen LogP contribution in [0.4, 0.5) is 0 Å². The fourth-order valence-electron chi connectivity index (χ4n) is 2.10. The number of hydrogen-bond acceptors (Lipinski definition) is 2. The number of rotatable bonds is 0. The van der Waals surface area contributed by atoms with Crippen LogP contribution in [0.5, 0.6) is 0 Å². The van der Waals surface area contributed by atoms with Crippen molar-refractivity contribution >= 4 is 5.78 Å². The van der Waals surface area contributed by atoms with Crippen LogP contribution in [0.25, 0.3) is 0 Å². The van der Waals surface area contributed by atoms with Gasteiger partial charge in [0, 0.05) is 12.8 Å². The molecule has 1 saturated heterocycles. The minimum Gasteiger partial charge on any atom is -0.317 e. The first-order valence-electron chi connectivity index (χ1n) is 4.03. The van der Waals surface area contributed by atoms with Gasteiger partial charge in [0.2, 0.25) is 0 Å². The van der Waals surface area contributed by atoms with Gasteiger partial charge < -0.3 is 5.32 Å². The maximum Gasteiger partial charge on any atom is 0.134 e. The molecule has 2 nitrogen and oxygen atoms in total. The molecular formula is C8H13NO. The van der Waals surface area contributed by atoms with Crippen molar-refractivity contribution in [1.29, 1.82) is 0 Å². The van der Waals surface area contributed by atoms with Crippen molar-refractivity contribution in [2.75, 3.05) is 13.1 Å². The smallest absolute Gasteiger partial charge is 0.134 e. The first kappa shape index (κ1) is 6.35. The van der Waals surface area contributed by atoms with E-state index in [0.717, 1.165) is 25.9 Å². The van der Waals surface area contributed by atoms with Crippen molar-refractivity contribution in [2.45, 2.75) is 25.7 Å². The molecule has 0 aromatic carbocycles. The average molecular weight is 139 g/mol. The predicted molar refractivity (Wildman–Crippen MR) is 38.8 cm³/mol. The number of nitrogens with one attached hydrogen (secondary N) is 1. The van der Waals surface area contributed by atoms with Crippen LogP contribution in [0, 0.1) is 5.41 Å². The SMILES string of the molecule is O=C1CC2(CCNCC2)C1. The van der Waals surface area contributed by atoms with Gasteiger partial charge in [-0.05, 0) is 31.3 Å². The molecule has 0 atom stereocenters. The summed E-state index contributed by atoms with van der Waals surface area (Å²) in [5.41, 5.74) is 0.461. The van der Waals surface area contributed by atoms with Gasteiger partial charge >= 0.3 is 0 Å². The molecule has 2 rings (SSSR count). The second kappa shape index (κ2) is 2.06. The molecule has 2 fully saturated rings. The highest BCUT2D eigenvalue weighted by Crippen LogP contribution is 2.45. The van der Waals surface area contributed by atoms with E-state index >= 15 is 0 Å². The monoisotopic (exact) mass is 139 g/mol. The van der Waals surface area contributed by atoms with Crippen LogP contribution in [0.15, 0.2) is 0 Å². The van der Waals surface area contributed by atoms with E-state index in [1.54, 1.807) is 0 Å². The summed E-state index contributed by atoms with van der Waals surface area (Å²) in [4.78, 5) is 10.8. The second-order valence-corrected chi connectivity index (χ2v) is 3.64. The zero-order chi connectivity index (χ0) is 7.03. The highest BCUT2D eigenvalue weighted by molar-refractivity contribution is 5.86. The molecule has 10 heavy (non-hydrogen) atoms. The normalized spacial score (nSPS) is 30.2. The van der Waals surface area contributed by atoms with Gasteiger partial charge in [0.1, 0.15) is 5.78 Å². The van der Waals surface area contributed by atoms with E-state index in [1.165, 1.54) is 12.8 Å². The van der Waals surface area contributed by atoms with E-state index in [-0.39, 0.29) is 0 Å². The third-order valence-corrected chi connectivity index (χ3v) is 2.81. The minimum absolute atomic E-state index is 0.461. The van der Waals surface area contributed by atoms with Crippen LogP contribution in [0.3, 0.4) is 0 Å². The Morgan fingerprint density at radius 1 is 1.20 bits per heavy atom. The summed E-state index contributed by atoms with van der Waals surface area (Å²) in [7, 11) is 0. The molecule has 0 radical (unpaired) electrons. The van der Waals surface area contributed by atoms with E-state index in [4.69, 9.17) is 0 Å². The van der Waals surface area contributed by atoms with Gasteiger partial charge in [-0.25, -0.2) is 0 Å². The Labute approximate surface area is 61.0 Å². The fraction of sp³-hybridized carbons (Fsp3) is 0.875. The van der Waals surface area contributed by atoms with Crippen LogP contribution in [0.1, 0.15) is 25.7 Å². The molecule has 1 N–H and O–H groups in total. The molecule has 2 heteroatoms.